The van der Waals surface area contributed by atoms with Crippen molar-refractivity contribution in [3.05, 3.63) is 47.5 Å². The van der Waals surface area contributed by atoms with Crippen LogP contribution in [0.2, 0.25) is 0 Å². The van der Waals surface area contributed by atoms with E-state index in [0.29, 0.717) is 18.0 Å². The number of ether oxygens (including phenoxy) is 2. The van der Waals surface area contributed by atoms with Gasteiger partial charge in [-0.3, -0.25) is 9.00 Å². The molecule has 30 heavy (non-hydrogen) atoms. The van der Waals surface area contributed by atoms with E-state index in [0.717, 1.165) is 40.3 Å². The molecule has 0 aliphatic carbocycles. The fraction of sp³-hybridized carbons (Fsp3) is 0.391. The third-order valence-corrected chi connectivity index (χ3v) is 6.34. The van der Waals surface area contributed by atoms with E-state index in [1.165, 1.54) is 13.3 Å². The molecule has 0 spiro atoms. The number of anilines is 1. The summed E-state index contributed by atoms with van der Waals surface area (Å²) in [5.41, 5.74) is 3.28. The van der Waals surface area contributed by atoms with Crippen LogP contribution >= 0.6 is 0 Å². The van der Waals surface area contributed by atoms with E-state index in [-0.39, 0.29) is 5.91 Å². The average molecular weight is 429 g/mol. The molecule has 0 bridgehead atoms. The number of carbonyl (C=O) groups is 1. The Kier molecular flexibility index (Phi) is 6.92. The largest absolute Gasteiger partial charge is 0.494 e. The lowest BCUT2D eigenvalue weighted by molar-refractivity contribution is -0.114. The van der Waals surface area contributed by atoms with Gasteiger partial charge in [0.1, 0.15) is 11.4 Å². The third kappa shape index (κ3) is 5.48. The first-order valence-electron chi connectivity index (χ1n) is 10.0. The maximum atomic E-state index is 12.4. The number of amides is 1. The van der Waals surface area contributed by atoms with E-state index >= 15 is 0 Å². The van der Waals surface area contributed by atoms with Gasteiger partial charge in [0, 0.05) is 28.8 Å². The zero-order chi connectivity index (χ0) is 21.7. The van der Waals surface area contributed by atoms with Crippen LogP contribution in [0.5, 0.6) is 5.75 Å². The summed E-state index contributed by atoms with van der Waals surface area (Å²) in [6, 6.07) is 11.1. The minimum absolute atomic E-state index is 0.123. The van der Waals surface area contributed by atoms with Crippen molar-refractivity contribution in [2.45, 2.75) is 51.0 Å². The standard InChI is InChI=1S/C23H28N2O4S/c1-16-13-19(14-21-22(16)24-15-29-23(21,3)4)28-11-5-6-12-30(27)20-9-7-18(8-10-20)25-17(2)26/h7-10,13-15H,5-6,11-12H2,1-4H3,(H,25,26). The fourth-order valence-corrected chi connectivity index (χ4v) is 4.41. The number of hydrogen-bond donors (Lipinski definition) is 1. The molecule has 1 atom stereocenters. The number of rotatable bonds is 8. The van der Waals surface area contributed by atoms with E-state index < -0.39 is 16.4 Å². The second-order valence-electron chi connectivity index (χ2n) is 7.81. The first-order valence-corrected chi connectivity index (χ1v) is 11.3. The number of hydrogen-bond acceptors (Lipinski definition) is 5. The van der Waals surface area contributed by atoms with Crippen LogP contribution in [0.25, 0.3) is 0 Å². The quantitative estimate of drug-likeness (QED) is 0.610. The van der Waals surface area contributed by atoms with Crippen LogP contribution in [0.3, 0.4) is 0 Å². The molecule has 1 aliphatic heterocycles. The van der Waals surface area contributed by atoms with Crippen LogP contribution in [-0.2, 0) is 25.9 Å². The summed E-state index contributed by atoms with van der Waals surface area (Å²) in [6.45, 7) is 8.06. The lowest BCUT2D eigenvalue weighted by Crippen LogP contribution is -2.24. The molecule has 3 rings (SSSR count). The van der Waals surface area contributed by atoms with Crippen LogP contribution in [0.1, 0.15) is 44.7 Å². The topological polar surface area (TPSA) is 77.0 Å². The highest BCUT2D eigenvalue weighted by Gasteiger charge is 2.29. The molecule has 0 radical (unpaired) electrons. The number of unbranched alkanes of at least 4 members (excludes halogenated alkanes) is 1. The Hall–Kier alpha value is -2.67. The molecule has 0 saturated carbocycles. The van der Waals surface area contributed by atoms with Crippen molar-refractivity contribution in [1.82, 2.24) is 0 Å². The number of nitrogens with one attached hydrogen (secondary N) is 1. The molecule has 2 aromatic rings. The number of fused-ring (bicyclic) bond motifs is 1. The molecule has 2 aromatic carbocycles. The van der Waals surface area contributed by atoms with E-state index in [9.17, 15) is 9.00 Å². The van der Waals surface area contributed by atoms with Gasteiger partial charge in [0.2, 0.25) is 5.91 Å². The van der Waals surface area contributed by atoms with Gasteiger partial charge in [0.05, 0.1) is 23.1 Å². The van der Waals surface area contributed by atoms with Crippen LogP contribution in [0.15, 0.2) is 46.3 Å². The number of carbonyl (C=O) groups excluding carboxylic acids is 1. The zero-order valence-corrected chi connectivity index (χ0v) is 18.7. The second-order valence-corrected chi connectivity index (χ2v) is 9.38. The van der Waals surface area contributed by atoms with Gasteiger partial charge in [-0.1, -0.05) is 0 Å². The van der Waals surface area contributed by atoms with Crippen molar-refractivity contribution >= 4 is 34.5 Å². The van der Waals surface area contributed by atoms with E-state index in [2.05, 4.69) is 10.3 Å². The van der Waals surface area contributed by atoms with Crippen molar-refractivity contribution in [1.29, 1.82) is 0 Å². The summed E-state index contributed by atoms with van der Waals surface area (Å²) in [7, 11) is -1.07. The summed E-state index contributed by atoms with van der Waals surface area (Å²) in [6.07, 6.45) is 3.11. The Labute approximate surface area is 180 Å². The maximum absolute atomic E-state index is 12.4. The Bertz CT molecular complexity index is 968. The molecular weight excluding hydrogens is 400 g/mol. The van der Waals surface area contributed by atoms with E-state index in [1.54, 1.807) is 24.3 Å². The molecule has 160 valence electrons. The van der Waals surface area contributed by atoms with Crippen LogP contribution < -0.4 is 10.1 Å². The molecule has 0 aromatic heterocycles. The van der Waals surface area contributed by atoms with Crippen LogP contribution in [0, 0.1) is 6.92 Å². The van der Waals surface area contributed by atoms with Crippen molar-refractivity contribution in [3.8, 4) is 5.75 Å². The number of aliphatic imine (C=N–C) groups is 1. The summed E-state index contributed by atoms with van der Waals surface area (Å²) in [5, 5.41) is 2.70. The Morgan fingerprint density at radius 1 is 1.20 bits per heavy atom. The van der Waals surface area contributed by atoms with Gasteiger partial charge in [-0.2, -0.15) is 0 Å². The average Bonchev–Trinajstić information content (AvgIpc) is 2.68. The van der Waals surface area contributed by atoms with Gasteiger partial charge in [-0.15, -0.1) is 0 Å². The van der Waals surface area contributed by atoms with Crippen LogP contribution in [0.4, 0.5) is 11.4 Å². The molecule has 0 saturated heterocycles. The Balaban J connectivity index is 1.48. The summed E-state index contributed by atoms with van der Waals surface area (Å²) < 4.78 is 24.0. The maximum Gasteiger partial charge on any atom is 0.221 e. The minimum atomic E-state index is -1.07. The normalized spacial score (nSPS) is 15.1. The lowest BCUT2D eigenvalue weighted by atomic mass is 9.93. The van der Waals surface area contributed by atoms with Gasteiger partial charge < -0.3 is 14.8 Å². The summed E-state index contributed by atoms with van der Waals surface area (Å²) in [5.74, 6) is 1.25. The minimum Gasteiger partial charge on any atom is -0.494 e. The number of nitrogens with zero attached hydrogens (tertiary/aromatic N) is 1. The highest BCUT2D eigenvalue weighted by atomic mass is 32.2. The monoisotopic (exact) mass is 428 g/mol. The van der Waals surface area contributed by atoms with Crippen molar-refractivity contribution in [3.63, 3.8) is 0 Å². The van der Waals surface area contributed by atoms with Crippen LogP contribution in [-0.4, -0.2) is 28.9 Å². The molecule has 1 amide bonds. The number of aryl methyl sites for hydroxylation is 1. The SMILES string of the molecule is CC(=O)Nc1ccc(S(=O)CCCCOc2cc(C)c3c(c2)C(C)(C)OC=N3)cc1. The van der Waals surface area contributed by atoms with Gasteiger partial charge in [0.15, 0.2) is 6.40 Å². The molecule has 1 unspecified atom stereocenters. The zero-order valence-electron chi connectivity index (χ0n) is 17.9. The predicted molar refractivity (Wildman–Crippen MR) is 120 cm³/mol. The lowest BCUT2D eigenvalue weighted by Gasteiger charge is -2.30. The smallest absolute Gasteiger partial charge is 0.221 e. The Morgan fingerprint density at radius 3 is 2.63 bits per heavy atom. The summed E-state index contributed by atoms with van der Waals surface area (Å²) >= 11 is 0. The predicted octanol–water partition coefficient (Wildman–Crippen LogP) is 4.85. The van der Waals surface area contributed by atoms with Crippen molar-refractivity contribution in [2.75, 3.05) is 17.7 Å². The van der Waals surface area contributed by atoms with Gasteiger partial charge in [-0.25, -0.2) is 4.99 Å². The number of benzene rings is 2. The molecule has 1 heterocycles. The molecule has 7 heteroatoms. The van der Waals surface area contributed by atoms with E-state index in [4.69, 9.17) is 9.47 Å². The molecule has 0 fully saturated rings. The van der Waals surface area contributed by atoms with Gasteiger partial charge >= 0.3 is 0 Å². The van der Waals surface area contributed by atoms with Crippen molar-refractivity contribution in [2.24, 2.45) is 4.99 Å². The summed E-state index contributed by atoms with van der Waals surface area (Å²) in [4.78, 5) is 16.2. The molecule has 1 aliphatic rings. The van der Waals surface area contributed by atoms with E-state index in [1.807, 2.05) is 32.9 Å². The third-order valence-electron chi connectivity index (χ3n) is 4.88. The van der Waals surface area contributed by atoms with Crippen molar-refractivity contribution < 1.29 is 18.5 Å². The Morgan fingerprint density at radius 2 is 1.93 bits per heavy atom. The highest BCUT2D eigenvalue weighted by molar-refractivity contribution is 7.85. The van der Waals surface area contributed by atoms with Gasteiger partial charge in [0.25, 0.3) is 0 Å². The van der Waals surface area contributed by atoms with Gasteiger partial charge in [-0.05, 0) is 75.6 Å². The molecule has 6 nitrogen and oxygen atoms in total. The first kappa shape index (κ1) is 22.0. The highest BCUT2D eigenvalue weighted by Crippen LogP contribution is 2.40. The molecular formula is C23H28N2O4S. The molecule has 1 N–H and O–H groups in total. The first-order chi connectivity index (χ1) is 14.3. The second kappa shape index (κ2) is 9.43. The fourth-order valence-electron chi connectivity index (χ4n) is 3.27.